The molecule has 4 heteroatoms. The van der Waals surface area contributed by atoms with E-state index in [1.165, 1.54) is 0 Å². The van der Waals surface area contributed by atoms with Crippen molar-refractivity contribution in [2.75, 3.05) is 13.9 Å². The van der Waals surface area contributed by atoms with Crippen LogP contribution in [0, 0.1) is 6.92 Å². The molecule has 1 aromatic rings. The van der Waals surface area contributed by atoms with Gasteiger partial charge in [-0.2, -0.15) is 0 Å². The van der Waals surface area contributed by atoms with E-state index in [9.17, 15) is 0 Å². The summed E-state index contributed by atoms with van der Waals surface area (Å²) in [5.74, 6) is 0.737. The lowest BCUT2D eigenvalue weighted by Crippen LogP contribution is -2.00. The molecule has 0 aliphatic rings. The Kier molecular flexibility index (Phi) is 7.83. The Balaban J connectivity index is 0.000000921. The van der Waals surface area contributed by atoms with Crippen molar-refractivity contribution in [1.29, 1.82) is 0 Å². The van der Waals surface area contributed by atoms with Crippen LogP contribution in [0.1, 0.15) is 19.4 Å². The third kappa shape index (κ3) is 4.87. The topological polar surface area (TPSA) is 18.5 Å². The number of hydrogen-bond donors (Lipinski definition) is 0. The van der Waals surface area contributed by atoms with Crippen LogP contribution in [0.25, 0.3) is 0 Å². The number of rotatable bonds is 3. The van der Waals surface area contributed by atoms with E-state index >= 15 is 0 Å². The van der Waals surface area contributed by atoms with Crippen molar-refractivity contribution in [3.8, 4) is 5.75 Å². The molecule has 0 atom stereocenters. The average Bonchev–Trinajstić information content (AvgIpc) is 2.24. The standard InChI is InChI=1S/C9H10BrClO2.C2H6/c1-6-8(10)3-7(11)4-9(6)13-5-12-2;1-2/h3-4H,5H2,1-2H3;1-2H3. The monoisotopic (exact) mass is 294 g/mol. The van der Waals surface area contributed by atoms with Crippen LogP contribution in [0.2, 0.25) is 5.02 Å². The first kappa shape index (κ1) is 14.8. The first-order valence-electron chi connectivity index (χ1n) is 4.72. The van der Waals surface area contributed by atoms with Gasteiger partial charge >= 0.3 is 0 Å². The van der Waals surface area contributed by atoms with E-state index in [1.54, 1.807) is 13.2 Å². The number of benzene rings is 1. The smallest absolute Gasteiger partial charge is 0.188 e. The molecule has 0 saturated heterocycles. The highest BCUT2D eigenvalue weighted by Gasteiger charge is 2.05. The molecule has 0 fully saturated rings. The van der Waals surface area contributed by atoms with E-state index in [1.807, 2.05) is 26.8 Å². The van der Waals surface area contributed by atoms with Gasteiger partial charge in [-0.3, -0.25) is 0 Å². The van der Waals surface area contributed by atoms with E-state index in [0.29, 0.717) is 5.02 Å². The van der Waals surface area contributed by atoms with Gasteiger partial charge in [0.2, 0.25) is 0 Å². The van der Waals surface area contributed by atoms with E-state index in [4.69, 9.17) is 21.1 Å². The predicted octanol–water partition coefficient (Wildman–Crippen LogP) is 4.42. The summed E-state index contributed by atoms with van der Waals surface area (Å²) in [6.45, 7) is 6.18. The van der Waals surface area contributed by atoms with Gasteiger partial charge < -0.3 is 9.47 Å². The van der Waals surface area contributed by atoms with E-state index < -0.39 is 0 Å². The molecule has 1 rings (SSSR count). The fourth-order valence-electron chi connectivity index (χ4n) is 0.894. The van der Waals surface area contributed by atoms with Gasteiger partial charge in [0.15, 0.2) is 6.79 Å². The average molecular weight is 296 g/mol. The Morgan fingerprint density at radius 1 is 1.33 bits per heavy atom. The van der Waals surface area contributed by atoms with Crippen molar-refractivity contribution in [2.45, 2.75) is 20.8 Å². The highest BCUT2D eigenvalue weighted by Crippen LogP contribution is 2.30. The zero-order valence-corrected chi connectivity index (χ0v) is 11.8. The normalized spacial score (nSPS) is 9.20. The van der Waals surface area contributed by atoms with Gasteiger partial charge in [-0.15, -0.1) is 0 Å². The fraction of sp³-hybridized carbons (Fsp3) is 0.455. The van der Waals surface area contributed by atoms with Crippen LogP contribution in [-0.4, -0.2) is 13.9 Å². The van der Waals surface area contributed by atoms with E-state index in [2.05, 4.69) is 15.9 Å². The third-order valence-corrected chi connectivity index (χ3v) is 2.64. The number of hydrogen-bond acceptors (Lipinski definition) is 2. The summed E-state index contributed by atoms with van der Waals surface area (Å²) < 4.78 is 11.0. The third-order valence-electron chi connectivity index (χ3n) is 1.59. The van der Waals surface area contributed by atoms with Crippen LogP contribution >= 0.6 is 27.5 Å². The highest BCUT2D eigenvalue weighted by atomic mass is 79.9. The minimum absolute atomic E-state index is 0.230. The maximum Gasteiger partial charge on any atom is 0.188 e. The molecule has 0 aromatic heterocycles. The molecule has 2 nitrogen and oxygen atoms in total. The minimum atomic E-state index is 0.230. The van der Waals surface area contributed by atoms with Crippen LogP contribution in [-0.2, 0) is 4.74 Å². The highest BCUT2D eigenvalue weighted by molar-refractivity contribution is 9.10. The molecule has 0 spiro atoms. The minimum Gasteiger partial charge on any atom is -0.467 e. The first-order valence-corrected chi connectivity index (χ1v) is 5.89. The van der Waals surface area contributed by atoms with Crippen LogP contribution in [0.5, 0.6) is 5.75 Å². The molecule has 0 bridgehead atoms. The SMILES string of the molecule is CC.COCOc1cc(Cl)cc(Br)c1C. The summed E-state index contributed by atoms with van der Waals surface area (Å²) >= 11 is 9.23. The summed E-state index contributed by atoms with van der Waals surface area (Å²) in [6, 6.07) is 3.59. The molecular weight excluding hydrogens is 279 g/mol. The molecule has 0 radical (unpaired) electrons. The van der Waals surface area contributed by atoms with Crippen LogP contribution in [0.15, 0.2) is 16.6 Å². The number of halogens is 2. The molecular formula is C11H16BrClO2. The van der Waals surface area contributed by atoms with Crippen molar-refractivity contribution >= 4 is 27.5 Å². The van der Waals surface area contributed by atoms with Crippen LogP contribution < -0.4 is 4.74 Å². The van der Waals surface area contributed by atoms with E-state index in [-0.39, 0.29) is 6.79 Å². The lowest BCUT2D eigenvalue weighted by Gasteiger charge is -2.09. The number of ether oxygens (including phenoxy) is 2. The summed E-state index contributed by atoms with van der Waals surface area (Å²) in [7, 11) is 1.58. The Hall–Kier alpha value is -0.250. The maximum atomic E-state index is 5.85. The summed E-state index contributed by atoms with van der Waals surface area (Å²) in [5.41, 5.74) is 1.02. The summed E-state index contributed by atoms with van der Waals surface area (Å²) in [5, 5.41) is 0.642. The van der Waals surface area contributed by atoms with Gasteiger partial charge in [0, 0.05) is 22.2 Å². The maximum absolute atomic E-state index is 5.85. The molecule has 0 unspecified atom stereocenters. The lowest BCUT2D eigenvalue weighted by molar-refractivity contribution is 0.0506. The Bertz CT molecular complexity index is 303. The quantitative estimate of drug-likeness (QED) is 0.769. The van der Waals surface area contributed by atoms with Crippen molar-refractivity contribution in [3.05, 3.63) is 27.2 Å². The largest absolute Gasteiger partial charge is 0.467 e. The van der Waals surface area contributed by atoms with Gasteiger partial charge in [0.1, 0.15) is 5.75 Å². The molecule has 86 valence electrons. The van der Waals surface area contributed by atoms with Gasteiger partial charge in [-0.1, -0.05) is 41.4 Å². The molecule has 0 saturated carbocycles. The second-order valence-corrected chi connectivity index (χ2v) is 3.85. The van der Waals surface area contributed by atoms with Crippen molar-refractivity contribution in [3.63, 3.8) is 0 Å². The molecule has 1 aromatic carbocycles. The molecule has 0 aliphatic heterocycles. The second-order valence-electron chi connectivity index (χ2n) is 2.56. The van der Waals surface area contributed by atoms with E-state index in [0.717, 1.165) is 15.8 Å². The second kappa shape index (κ2) is 7.97. The van der Waals surface area contributed by atoms with Crippen molar-refractivity contribution < 1.29 is 9.47 Å². The molecule has 0 amide bonds. The van der Waals surface area contributed by atoms with Gasteiger partial charge in [-0.05, 0) is 19.1 Å². The zero-order valence-electron chi connectivity index (χ0n) is 9.43. The van der Waals surface area contributed by atoms with Crippen LogP contribution in [0.3, 0.4) is 0 Å². The number of methoxy groups -OCH3 is 1. The van der Waals surface area contributed by atoms with Gasteiger partial charge in [0.05, 0.1) is 0 Å². The van der Waals surface area contributed by atoms with Gasteiger partial charge in [0.25, 0.3) is 0 Å². The Morgan fingerprint density at radius 2 is 1.93 bits per heavy atom. The zero-order chi connectivity index (χ0) is 11.8. The van der Waals surface area contributed by atoms with Crippen molar-refractivity contribution in [2.24, 2.45) is 0 Å². The first-order chi connectivity index (χ1) is 7.15. The summed E-state index contributed by atoms with van der Waals surface area (Å²) in [6.07, 6.45) is 0. The fourth-order valence-corrected chi connectivity index (χ4v) is 1.68. The van der Waals surface area contributed by atoms with Crippen LogP contribution in [0.4, 0.5) is 0 Å². The predicted molar refractivity (Wildman–Crippen MR) is 67.7 cm³/mol. The lowest BCUT2D eigenvalue weighted by atomic mass is 10.2. The Labute approximate surface area is 105 Å². The van der Waals surface area contributed by atoms with Gasteiger partial charge in [-0.25, -0.2) is 0 Å². The molecule has 0 heterocycles. The molecule has 0 aliphatic carbocycles. The Morgan fingerprint density at radius 3 is 2.47 bits per heavy atom. The molecule has 0 N–H and O–H groups in total. The van der Waals surface area contributed by atoms with Crippen molar-refractivity contribution in [1.82, 2.24) is 0 Å². The molecule has 15 heavy (non-hydrogen) atoms. The summed E-state index contributed by atoms with van der Waals surface area (Å²) in [4.78, 5) is 0.